The molecule has 0 aromatic heterocycles. The van der Waals surface area contributed by atoms with Crippen molar-refractivity contribution >= 4 is 48.9 Å². The Morgan fingerprint density at radius 2 is 1.74 bits per heavy atom. The number of fused-ring (bicyclic) bond motifs is 1. The molecule has 4 N–H and O–H groups in total. The lowest BCUT2D eigenvalue weighted by Crippen LogP contribution is -2.26. The Hall–Kier alpha value is -1.36. The van der Waals surface area contributed by atoms with Gasteiger partial charge >= 0.3 is 0 Å². The van der Waals surface area contributed by atoms with Crippen molar-refractivity contribution in [3.05, 3.63) is 62.6 Å². The number of rotatable bonds is 7. The number of hydrogen-bond acceptors (Lipinski definition) is 5. The summed E-state index contributed by atoms with van der Waals surface area (Å²) in [7, 11) is -5.43. The molecule has 0 spiro atoms. The molecular weight excluding hydrogens is 481 g/mol. The average molecular weight is 506 g/mol. The van der Waals surface area contributed by atoms with E-state index in [4.69, 9.17) is 28.3 Å². The van der Waals surface area contributed by atoms with Gasteiger partial charge in [-0.1, -0.05) is 35.3 Å². The van der Waals surface area contributed by atoms with Gasteiger partial charge in [0.15, 0.2) is 0 Å². The summed E-state index contributed by atoms with van der Waals surface area (Å²) < 4.78 is 49.5. The van der Waals surface area contributed by atoms with Gasteiger partial charge in [0.2, 0.25) is 20.0 Å². The molecule has 0 amide bonds. The molecule has 0 aliphatic heterocycles. The Kier molecular flexibility index (Phi) is 7.25. The SMILES string of the molecule is CN[C@H]1CC[C@@H](c2ccc(Cl)c(Cl)c2)c2cc(CCS(N)(=O)=O)c(NS(C)(=O)=O)cc21. The van der Waals surface area contributed by atoms with Crippen LogP contribution in [0.3, 0.4) is 0 Å². The van der Waals surface area contributed by atoms with E-state index in [0.717, 1.165) is 35.8 Å². The summed E-state index contributed by atoms with van der Waals surface area (Å²) in [6.45, 7) is 0. The summed E-state index contributed by atoms with van der Waals surface area (Å²) in [5.41, 5.74) is 3.87. The summed E-state index contributed by atoms with van der Waals surface area (Å²) in [5, 5.41) is 9.39. The van der Waals surface area contributed by atoms with Crippen LogP contribution < -0.4 is 15.2 Å². The maximum Gasteiger partial charge on any atom is 0.229 e. The van der Waals surface area contributed by atoms with E-state index >= 15 is 0 Å². The van der Waals surface area contributed by atoms with Crippen molar-refractivity contribution in [1.82, 2.24) is 5.32 Å². The number of nitrogens with two attached hydrogens (primary N) is 1. The summed E-state index contributed by atoms with van der Waals surface area (Å²) in [6.07, 6.45) is 2.82. The van der Waals surface area contributed by atoms with Crippen LogP contribution in [-0.4, -0.2) is 35.9 Å². The highest BCUT2D eigenvalue weighted by Gasteiger charge is 2.30. The summed E-state index contributed by atoms with van der Waals surface area (Å²) in [4.78, 5) is 0. The molecular formula is C20H25Cl2N3O4S2. The van der Waals surface area contributed by atoms with Gasteiger partial charge < -0.3 is 5.32 Å². The van der Waals surface area contributed by atoms with Crippen molar-refractivity contribution < 1.29 is 16.8 Å². The van der Waals surface area contributed by atoms with Crippen molar-refractivity contribution in [1.29, 1.82) is 0 Å². The van der Waals surface area contributed by atoms with Crippen molar-refractivity contribution in [2.45, 2.75) is 31.2 Å². The molecule has 11 heteroatoms. The molecule has 1 aliphatic carbocycles. The first kappa shape index (κ1) is 24.3. The topological polar surface area (TPSA) is 118 Å². The Bertz CT molecular complexity index is 1200. The lowest BCUT2D eigenvalue weighted by molar-refractivity contribution is 0.470. The maximum absolute atomic E-state index is 11.9. The minimum Gasteiger partial charge on any atom is -0.313 e. The molecule has 0 fully saturated rings. The van der Waals surface area contributed by atoms with Crippen LogP contribution in [0.5, 0.6) is 0 Å². The number of nitrogens with one attached hydrogen (secondary N) is 2. The highest BCUT2D eigenvalue weighted by Crippen LogP contribution is 2.44. The molecule has 170 valence electrons. The molecule has 7 nitrogen and oxygen atoms in total. The predicted molar refractivity (Wildman–Crippen MR) is 126 cm³/mol. The van der Waals surface area contributed by atoms with Gasteiger partial charge in [0.25, 0.3) is 0 Å². The zero-order valence-corrected chi connectivity index (χ0v) is 20.3. The second-order valence-electron chi connectivity index (χ2n) is 7.77. The van der Waals surface area contributed by atoms with E-state index in [9.17, 15) is 16.8 Å². The molecule has 2 atom stereocenters. The number of hydrogen-bond donors (Lipinski definition) is 3. The number of halogens is 2. The molecule has 0 bridgehead atoms. The lowest BCUT2D eigenvalue weighted by Gasteiger charge is -2.33. The number of sulfonamides is 2. The fourth-order valence-electron chi connectivity index (χ4n) is 4.06. The van der Waals surface area contributed by atoms with Crippen molar-refractivity contribution in [3.8, 4) is 0 Å². The van der Waals surface area contributed by atoms with Gasteiger partial charge in [0, 0.05) is 12.0 Å². The molecule has 0 heterocycles. The Labute approximate surface area is 193 Å². The first-order valence-electron chi connectivity index (χ1n) is 9.65. The molecule has 0 saturated carbocycles. The first-order chi connectivity index (χ1) is 14.4. The second kappa shape index (κ2) is 9.25. The first-order valence-corrected chi connectivity index (χ1v) is 14.0. The van der Waals surface area contributed by atoms with Crippen LogP contribution >= 0.6 is 23.2 Å². The minimum atomic E-state index is -3.72. The monoisotopic (exact) mass is 505 g/mol. The number of primary sulfonamides is 1. The number of benzene rings is 2. The maximum atomic E-state index is 11.9. The molecule has 3 rings (SSSR count). The lowest BCUT2D eigenvalue weighted by atomic mass is 9.75. The molecule has 31 heavy (non-hydrogen) atoms. The van der Waals surface area contributed by atoms with Crippen LogP contribution in [-0.2, 0) is 26.5 Å². The molecule has 0 unspecified atom stereocenters. The molecule has 2 aromatic rings. The fraction of sp³-hybridized carbons (Fsp3) is 0.400. The molecule has 0 saturated heterocycles. The Morgan fingerprint density at radius 1 is 1.03 bits per heavy atom. The van der Waals surface area contributed by atoms with Crippen molar-refractivity contribution in [2.75, 3.05) is 23.8 Å². The highest BCUT2D eigenvalue weighted by atomic mass is 35.5. The van der Waals surface area contributed by atoms with Crippen LogP contribution in [0.15, 0.2) is 30.3 Å². The van der Waals surface area contributed by atoms with E-state index in [1.54, 1.807) is 12.1 Å². The summed E-state index contributed by atoms with van der Waals surface area (Å²) in [5.74, 6) is -0.285. The van der Waals surface area contributed by atoms with E-state index in [2.05, 4.69) is 10.0 Å². The zero-order valence-electron chi connectivity index (χ0n) is 17.2. The standard InChI is InChI=1S/C20H25Cl2N3O4S2/c1-24-19-6-4-14(12-3-5-17(21)18(22)10-12)15-9-13(7-8-31(23,28)29)20(11-16(15)19)25-30(2,26)27/h3,5,9-11,14,19,24-25H,4,6-8H2,1-2H3,(H2,23,28,29)/t14-,19-/m0/s1. The third-order valence-corrected chi connectivity index (χ3v) is 7.55. The second-order valence-corrected chi connectivity index (χ2v) is 12.1. The average Bonchev–Trinajstić information content (AvgIpc) is 2.66. The van der Waals surface area contributed by atoms with Crippen LogP contribution in [0.2, 0.25) is 10.0 Å². The van der Waals surface area contributed by atoms with Crippen molar-refractivity contribution in [3.63, 3.8) is 0 Å². The van der Waals surface area contributed by atoms with E-state index in [1.807, 2.05) is 25.2 Å². The van der Waals surface area contributed by atoms with Gasteiger partial charge in [0.1, 0.15) is 0 Å². The third-order valence-electron chi connectivity index (χ3n) is 5.45. The van der Waals surface area contributed by atoms with E-state index in [1.165, 1.54) is 0 Å². The van der Waals surface area contributed by atoms with Gasteiger partial charge in [-0.2, -0.15) is 0 Å². The van der Waals surface area contributed by atoms with Crippen LogP contribution in [0.25, 0.3) is 0 Å². The normalized spacial score (nSPS) is 19.1. The van der Waals surface area contributed by atoms with Gasteiger partial charge in [-0.25, -0.2) is 22.0 Å². The predicted octanol–water partition coefficient (Wildman–Crippen LogP) is 3.38. The van der Waals surface area contributed by atoms with Gasteiger partial charge in [-0.05, 0) is 66.8 Å². The molecule has 0 radical (unpaired) electrons. The van der Waals surface area contributed by atoms with Crippen LogP contribution in [0.1, 0.15) is 47.1 Å². The highest BCUT2D eigenvalue weighted by molar-refractivity contribution is 7.92. The minimum absolute atomic E-state index is 0.00915. The number of anilines is 1. The Balaban J connectivity index is 2.16. The fourth-order valence-corrected chi connectivity index (χ4v) is 5.46. The molecule has 1 aliphatic rings. The summed E-state index contributed by atoms with van der Waals surface area (Å²) >= 11 is 12.3. The zero-order chi connectivity index (χ0) is 23.0. The van der Waals surface area contributed by atoms with E-state index < -0.39 is 20.0 Å². The van der Waals surface area contributed by atoms with Gasteiger partial charge in [-0.3, -0.25) is 4.72 Å². The quantitative estimate of drug-likeness (QED) is 0.532. The van der Waals surface area contributed by atoms with Crippen LogP contribution in [0.4, 0.5) is 5.69 Å². The van der Waals surface area contributed by atoms with E-state index in [-0.39, 0.29) is 24.1 Å². The smallest absolute Gasteiger partial charge is 0.229 e. The Morgan fingerprint density at radius 3 is 2.32 bits per heavy atom. The molecule has 2 aromatic carbocycles. The van der Waals surface area contributed by atoms with Gasteiger partial charge in [0.05, 0.1) is 27.7 Å². The number of aryl methyl sites for hydroxylation is 1. The van der Waals surface area contributed by atoms with Crippen LogP contribution in [0, 0.1) is 0 Å². The van der Waals surface area contributed by atoms with E-state index in [0.29, 0.717) is 21.3 Å². The van der Waals surface area contributed by atoms with Crippen molar-refractivity contribution in [2.24, 2.45) is 5.14 Å². The summed E-state index contributed by atoms with van der Waals surface area (Å²) in [6, 6.07) is 9.22. The largest absolute Gasteiger partial charge is 0.313 e. The third kappa shape index (κ3) is 6.12. The van der Waals surface area contributed by atoms with Gasteiger partial charge in [-0.15, -0.1) is 0 Å².